The molecular weight excluding hydrogens is 318 g/mol. The molecule has 0 saturated carbocycles. The number of anilines is 1. The third-order valence-electron chi connectivity index (χ3n) is 5.22. The standard InChI is InChI=1S/C18H19N5O2/c19-11-14-1-4-21-16(9-14)23-6-2-18(3-7-23)10-15(25-17(18)24)12-22-8-5-20-13-22/h1,4-5,8-9,13,15H,2-3,6-7,10,12H2. The molecule has 2 aromatic rings. The van der Waals surface area contributed by atoms with E-state index in [0.29, 0.717) is 12.1 Å². The average Bonchev–Trinajstić information content (AvgIpc) is 3.25. The quantitative estimate of drug-likeness (QED) is 0.794. The maximum atomic E-state index is 12.5. The monoisotopic (exact) mass is 337 g/mol. The molecule has 4 heterocycles. The Hall–Kier alpha value is -2.88. The molecule has 4 rings (SSSR count). The van der Waals surface area contributed by atoms with Crippen LogP contribution in [0.15, 0.2) is 37.1 Å². The molecule has 2 aliphatic heterocycles. The Morgan fingerprint density at radius 2 is 2.20 bits per heavy atom. The van der Waals surface area contributed by atoms with Crippen molar-refractivity contribution in [3.8, 4) is 6.07 Å². The second-order valence-corrected chi connectivity index (χ2v) is 6.77. The van der Waals surface area contributed by atoms with Crippen LogP contribution in [0.2, 0.25) is 0 Å². The summed E-state index contributed by atoms with van der Waals surface area (Å²) in [7, 11) is 0. The number of imidazole rings is 1. The minimum Gasteiger partial charge on any atom is -0.460 e. The molecular formula is C18H19N5O2. The third-order valence-corrected chi connectivity index (χ3v) is 5.22. The molecule has 128 valence electrons. The molecule has 0 N–H and O–H groups in total. The number of rotatable bonds is 3. The maximum absolute atomic E-state index is 12.5. The Balaban J connectivity index is 1.42. The summed E-state index contributed by atoms with van der Waals surface area (Å²) >= 11 is 0. The van der Waals surface area contributed by atoms with Crippen molar-refractivity contribution >= 4 is 11.8 Å². The number of nitrogens with zero attached hydrogens (tertiary/aromatic N) is 5. The van der Waals surface area contributed by atoms with Crippen molar-refractivity contribution in [1.29, 1.82) is 5.26 Å². The fourth-order valence-corrected chi connectivity index (χ4v) is 3.80. The average molecular weight is 337 g/mol. The van der Waals surface area contributed by atoms with Crippen LogP contribution in [-0.4, -0.2) is 39.7 Å². The Morgan fingerprint density at radius 3 is 2.92 bits per heavy atom. The fraction of sp³-hybridized carbons (Fsp3) is 0.444. The molecule has 0 aliphatic carbocycles. The van der Waals surface area contributed by atoms with Gasteiger partial charge in [0.15, 0.2) is 0 Å². The van der Waals surface area contributed by atoms with Crippen molar-refractivity contribution in [3.05, 3.63) is 42.6 Å². The number of esters is 1. The maximum Gasteiger partial charge on any atom is 0.312 e. The van der Waals surface area contributed by atoms with Crippen LogP contribution in [0.1, 0.15) is 24.8 Å². The molecule has 1 atom stereocenters. The van der Waals surface area contributed by atoms with Gasteiger partial charge < -0.3 is 14.2 Å². The Kier molecular flexibility index (Phi) is 3.88. The lowest BCUT2D eigenvalue weighted by Gasteiger charge is -2.37. The van der Waals surface area contributed by atoms with Gasteiger partial charge in [0.2, 0.25) is 0 Å². The van der Waals surface area contributed by atoms with E-state index in [2.05, 4.69) is 20.9 Å². The predicted molar refractivity (Wildman–Crippen MR) is 89.6 cm³/mol. The summed E-state index contributed by atoms with van der Waals surface area (Å²) < 4.78 is 7.59. The number of carbonyl (C=O) groups excluding carboxylic acids is 1. The van der Waals surface area contributed by atoms with Gasteiger partial charge in [0.25, 0.3) is 0 Å². The van der Waals surface area contributed by atoms with Crippen molar-refractivity contribution in [3.63, 3.8) is 0 Å². The van der Waals surface area contributed by atoms with Gasteiger partial charge in [0, 0.05) is 38.1 Å². The zero-order chi connectivity index (χ0) is 17.3. The molecule has 2 saturated heterocycles. The second kappa shape index (κ2) is 6.20. The Morgan fingerprint density at radius 1 is 1.36 bits per heavy atom. The molecule has 2 fully saturated rings. The van der Waals surface area contributed by atoms with Crippen LogP contribution >= 0.6 is 0 Å². The van der Waals surface area contributed by atoms with E-state index in [9.17, 15) is 4.79 Å². The van der Waals surface area contributed by atoms with Crippen LogP contribution in [0.5, 0.6) is 0 Å². The fourth-order valence-electron chi connectivity index (χ4n) is 3.80. The van der Waals surface area contributed by atoms with E-state index < -0.39 is 0 Å². The molecule has 0 amide bonds. The highest BCUT2D eigenvalue weighted by atomic mass is 16.6. The highest BCUT2D eigenvalue weighted by Crippen LogP contribution is 2.44. The van der Waals surface area contributed by atoms with E-state index in [1.165, 1.54) is 0 Å². The van der Waals surface area contributed by atoms with Crippen LogP contribution in [0.25, 0.3) is 0 Å². The summed E-state index contributed by atoms with van der Waals surface area (Å²) in [4.78, 5) is 23.0. The Bertz CT molecular complexity index is 803. The number of ether oxygens (including phenoxy) is 1. The van der Waals surface area contributed by atoms with E-state index in [1.54, 1.807) is 30.9 Å². The van der Waals surface area contributed by atoms with Crippen LogP contribution in [-0.2, 0) is 16.1 Å². The van der Waals surface area contributed by atoms with Crippen molar-refractivity contribution in [2.45, 2.75) is 31.9 Å². The first-order chi connectivity index (χ1) is 12.2. The van der Waals surface area contributed by atoms with Crippen molar-refractivity contribution in [1.82, 2.24) is 14.5 Å². The first-order valence-electron chi connectivity index (χ1n) is 8.46. The van der Waals surface area contributed by atoms with Gasteiger partial charge in [-0.15, -0.1) is 0 Å². The summed E-state index contributed by atoms with van der Waals surface area (Å²) in [6.07, 6.45) is 9.19. The number of pyridine rings is 1. The smallest absolute Gasteiger partial charge is 0.312 e. The molecule has 0 radical (unpaired) electrons. The molecule has 7 heteroatoms. The lowest BCUT2D eigenvalue weighted by Crippen LogP contribution is -2.42. The summed E-state index contributed by atoms with van der Waals surface area (Å²) in [6, 6.07) is 5.64. The second-order valence-electron chi connectivity index (χ2n) is 6.77. The molecule has 0 bridgehead atoms. The predicted octanol–water partition coefficient (Wildman–Crippen LogP) is 1.75. The van der Waals surface area contributed by atoms with E-state index in [0.717, 1.165) is 38.2 Å². The summed E-state index contributed by atoms with van der Waals surface area (Å²) in [6.45, 7) is 2.15. The summed E-state index contributed by atoms with van der Waals surface area (Å²) in [5, 5.41) is 9.03. The number of carbonyl (C=O) groups is 1. The van der Waals surface area contributed by atoms with Crippen LogP contribution < -0.4 is 4.90 Å². The van der Waals surface area contributed by atoms with Crippen LogP contribution in [0.3, 0.4) is 0 Å². The molecule has 1 unspecified atom stereocenters. The van der Waals surface area contributed by atoms with Gasteiger partial charge >= 0.3 is 5.97 Å². The van der Waals surface area contributed by atoms with Crippen molar-refractivity contribution in [2.75, 3.05) is 18.0 Å². The van der Waals surface area contributed by atoms with Crippen molar-refractivity contribution < 1.29 is 9.53 Å². The topological polar surface area (TPSA) is 84.0 Å². The minimum absolute atomic E-state index is 0.0731. The lowest BCUT2D eigenvalue weighted by molar-refractivity contribution is -0.150. The normalized spacial score (nSPS) is 22.0. The first kappa shape index (κ1) is 15.6. The summed E-state index contributed by atoms with van der Waals surface area (Å²) in [5.41, 5.74) is 0.222. The lowest BCUT2D eigenvalue weighted by atomic mass is 9.76. The number of nitriles is 1. The van der Waals surface area contributed by atoms with Gasteiger partial charge in [-0.25, -0.2) is 9.97 Å². The highest BCUT2D eigenvalue weighted by Gasteiger charge is 2.50. The number of cyclic esters (lactones) is 1. The number of hydrogen-bond donors (Lipinski definition) is 0. The first-order valence-corrected chi connectivity index (χ1v) is 8.46. The van der Waals surface area contributed by atoms with Crippen molar-refractivity contribution in [2.24, 2.45) is 5.41 Å². The van der Waals surface area contributed by atoms with Gasteiger partial charge in [-0.05, 0) is 25.0 Å². The number of piperidine rings is 1. The van der Waals surface area contributed by atoms with Crippen LogP contribution in [0, 0.1) is 16.7 Å². The Labute approximate surface area is 145 Å². The van der Waals surface area contributed by atoms with Gasteiger partial charge in [-0.3, -0.25) is 4.79 Å². The number of aromatic nitrogens is 3. The van der Waals surface area contributed by atoms with Gasteiger partial charge in [0.1, 0.15) is 11.9 Å². The third kappa shape index (κ3) is 2.95. The minimum atomic E-state index is -0.380. The van der Waals surface area contributed by atoms with E-state index >= 15 is 0 Å². The zero-order valence-corrected chi connectivity index (χ0v) is 13.8. The van der Waals surface area contributed by atoms with E-state index in [-0.39, 0.29) is 17.5 Å². The van der Waals surface area contributed by atoms with Crippen LogP contribution in [0.4, 0.5) is 5.82 Å². The van der Waals surface area contributed by atoms with Gasteiger partial charge in [-0.1, -0.05) is 0 Å². The molecule has 1 spiro atoms. The molecule has 0 aromatic carbocycles. The van der Waals surface area contributed by atoms with E-state index in [4.69, 9.17) is 10.00 Å². The van der Waals surface area contributed by atoms with Gasteiger partial charge in [-0.2, -0.15) is 5.26 Å². The highest BCUT2D eigenvalue weighted by molar-refractivity contribution is 5.79. The molecule has 2 aromatic heterocycles. The zero-order valence-electron chi connectivity index (χ0n) is 13.8. The molecule has 25 heavy (non-hydrogen) atoms. The van der Waals surface area contributed by atoms with Gasteiger partial charge in [0.05, 0.1) is 29.9 Å². The SMILES string of the molecule is N#Cc1ccnc(N2CCC3(CC2)CC(Cn2ccnc2)OC3=O)c1. The largest absolute Gasteiger partial charge is 0.460 e. The van der Waals surface area contributed by atoms with E-state index in [1.807, 2.05) is 10.8 Å². The number of hydrogen-bond acceptors (Lipinski definition) is 6. The summed E-state index contributed by atoms with van der Waals surface area (Å²) in [5.74, 6) is 0.728. The molecule has 7 nitrogen and oxygen atoms in total. The molecule has 2 aliphatic rings.